The van der Waals surface area contributed by atoms with Crippen LogP contribution in [0.5, 0.6) is 0 Å². The summed E-state index contributed by atoms with van der Waals surface area (Å²) in [6.07, 6.45) is 1.14. The van der Waals surface area contributed by atoms with Crippen molar-refractivity contribution in [3.63, 3.8) is 0 Å². The molecular weight excluding hydrogens is 316 g/mol. The van der Waals surface area contributed by atoms with Crippen molar-refractivity contribution in [2.75, 3.05) is 37.0 Å². The van der Waals surface area contributed by atoms with Gasteiger partial charge in [0.25, 0.3) is 0 Å². The Morgan fingerprint density at radius 1 is 1.30 bits per heavy atom. The Bertz CT molecular complexity index is 745. The lowest BCUT2D eigenvalue weighted by Gasteiger charge is -2.31. The Hall–Kier alpha value is -1.70. The number of fused-ring (bicyclic) bond motifs is 1. The molecular formula is C15H22N4O3S. The summed E-state index contributed by atoms with van der Waals surface area (Å²) in [4.78, 5) is 25.3. The van der Waals surface area contributed by atoms with Crippen molar-refractivity contribution >= 4 is 21.6 Å². The molecule has 2 aliphatic rings. The van der Waals surface area contributed by atoms with E-state index in [9.17, 15) is 13.2 Å². The zero-order chi connectivity index (χ0) is 16.8. The van der Waals surface area contributed by atoms with Crippen LogP contribution >= 0.6 is 0 Å². The van der Waals surface area contributed by atoms with E-state index in [0.29, 0.717) is 31.8 Å². The fraction of sp³-hybridized carbons (Fsp3) is 0.667. The number of hydrogen-bond acceptors (Lipinski definition) is 6. The van der Waals surface area contributed by atoms with E-state index in [1.165, 1.54) is 0 Å². The quantitative estimate of drug-likeness (QED) is 0.764. The van der Waals surface area contributed by atoms with Gasteiger partial charge in [0.1, 0.15) is 11.6 Å². The zero-order valence-electron chi connectivity index (χ0n) is 13.7. The third kappa shape index (κ3) is 3.17. The standard InChI is InChI=1S/C15H22N4O3S/c1-10-16-13-8-19(6-4-12(13)14(17-10)18(2)3)15(20)11-5-7-23(21,22)9-11/h11H,4-9H2,1-3H3. The van der Waals surface area contributed by atoms with E-state index < -0.39 is 15.8 Å². The Morgan fingerprint density at radius 3 is 2.65 bits per heavy atom. The van der Waals surface area contributed by atoms with Crippen LogP contribution in [0.25, 0.3) is 0 Å². The molecule has 0 spiro atoms. The molecule has 0 saturated carbocycles. The van der Waals surface area contributed by atoms with Crippen molar-refractivity contribution in [2.24, 2.45) is 5.92 Å². The van der Waals surface area contributed by atoms with E-state index in [2.05, 4.69) is 9.97 Å². The van der Waals surface area contributed by atoms with E-state index in [4.69, 9.17) is 0 Å². The van der Waals surface area contributed by atoms with E-state index in [0.717, 1.165) is 17.1 Å². The van der Waals surface area contributed by atoms with Crippen LogP contribution in [0.15, 0.2) is 0 Å². The average molecular weight is 338 g/mol. The summed E-state index contributed by atoms with van der Waals surface area (Å²) in [6, 6.07) is 0. The molecule has 3 rings (SSSR count). The average Bonchev–Trinajstić information content (AvgIpc) is 2.85. The molecule has 0 N–H and O–H groups in total. The maximum Gasteiger partial charge on any atom is 0.227 e. The van der Waals surface area contributed by atoms with Gasteiger partial charge in [-0.2, -0.15) is 0 Å². The predicted octanol–water partition coefficient (Wildman–Crippen LogP) is 0.170. The second kappa shape index (κ2) is 5.74. The summed E-state index contributed by atoms with van der Waals surface area (Å²) in [7, 11) is 0.851. The van der Waals surface area contributed by atoms with Crippen LogP contribution in [0.1, 0.15) is 23.5 Å². The van der Waals surface area contributed by atoms with Gasteiger partial charge in [0.2, 0.25) is 5.91 Å². The molecule has 1 unspecified atom stereocenters. The molecule has 8 heteroatoms. The molecule has 0 aliphatic carbocycles. The Kier molecular flexibility index (Phi) is 4.03. The highest BCUT2D eigenvalue weighted by molar-refractivity contribution is 7.91. The molecule has 1 amide bonds. The largest absolute Gasteiger partial charge is 0.362 e. The number of nitrogens with zero attached hydrogens (tertiary/aromatic N) is 4. The molecule has 126 valence electrons. The summed E-state index contributed by atoms with van der Waals surface area (Å²) < 4.78 is 23.2. The molecule has 3 heterocycles. The monoisotopic (exact) mass is 338 g/mol. The highest BCUT2D eigenvalue weighted by Crippen LogP contribution is 2.28. The smallest absolute Gasteiger partial charge is 0.227 e. The SMILES string of the molecule is Cc1nc2c(c(N(C)C)n1)CCN(C(=O)C1CCS(=O)(=O)C1)C2. The van der Waals surface area contributed by atoms with Crippen molar-refractivity contribution in [3.8, 4) is 0 Å². The molecule has 1 aromatic rings. The third-order valence-corrected chi connectivity index (χ3v) is 6.24. The van der Waals surface area contributed by atoms with E-state index in [1.807, 2.05) is 25.9 Å². The summed E-state index contributed by atoms with van der Waals surface area (Å²) in [5, 5.41) is 0. The molecule has 1 atom stereocenters. The number of aryl methyl sites for hydroxylation is 1. The van der Waals surface area contributed by atoms with Gasteiger partial charge < -0.3 is 9.80 Å². The zero-order valence-corrected chi connectivity index (χ0v) is 14.6. The minimum Gasteiger partial charge on any atom is -0.362 e. The summed E-state index contributed by atoms with van der Waals surface area (Å²) in [6.45, 7) is 2.88. The first-order valence-electron chi connectivity index (χ1n) is 7.80. The topological polar surface area (TPSA) is 83.5 Å². The first-order valence-corrected chi connectivity index (χ1v) is 9.62. The van der Waals surface area contributed by atoms with Crippen molar-refractivity contribution in [3.05, 3.63) is 17.1 Å². The number of carbonyl (C=O) groups is 1. The number of aromatic nitrogens is 2. The number of amides is 1. The van der Waals surface area contributed by atoms with Crippen molar-refractivity contribution in [2.45, 2.75) is 26.3 Å². The summed E-state index contributed by atoms with van der Waals surface area (Å²) in [5.74, 6) is 1.26. The van der Waals surface area contributed by atoms with Gasteiger partial charge in [0, 0.05) is 26.2 Å². The summed E-state index contributed by atoms with van der Waals surface area (Å²) >= 11 is 0. The van der Waals surface area contributed by atoms with E-state index >= 15 is 0 Å². The second-order valence-corrected chi connectivity index (χ2v) is 8.75. The van der Waals surface area contributed by atoms with Crippen LogP contribution in [0.3, 0.4) is 0 Å². The second-order valence-electron chi connectivity index (χ2n) is 6.52. The van der Waals surface area contributed by atoms with Crippen LogP contribution < -0.4 is 4.90 Å². The van der Waals surface area contributed by atoms with Crippen molar-refractivity contribution < 1.29 is 13.2 Å². The van der Waals surface area contributed by atoms with Gasteiger partial charge in [-0.3, -0.25) is 4.79 Å². The normalized spacial score (nSPS) is 22.7. The van der Waals surface area contributed by atoms with Crippen LogP contribution in [-0.2, 0) is 27.6 Å². The Labute approximate surface area is 136 Å². The Balaban J connectivity index is 1.82. The first-order chi connectivity index (χ1) is 10.8. The molecule has 0 aromatic carbocycles. The number of hydrogen-bond donors (Lipinski definition) is 0. The van der Waals surface area contributed by atoms with Crippen molar-refractivity contribution in [1.29, 1.82) is 0 Å². The van der Waals surface area contributed by atoms with Crippen LogP contribution in [0.4, 0.5) is 5.82 Å². The molecule has 1 saturated heterocycles. The predicted molar refractivity (Wildman–Crippen MR) is 87.0 cm³/mol. The third-order valence-electron chi connectivity index (χ3n) is 4.47. The van der Waals surface area contributed by atoms with E-state index in [-0.39, 0.29) is 17.4 Å². The van der Waals surface area contributed by atoms with Gasteiger partial charge >= 0.3 is 0 Å². The molecule has 7 nitrogen and oxygen atoms in total. The number of rotatable bonds is 2. The van der Waals surface area contributed by atoms with Gasteiger partial charge in [-0.15, -0.1) is 0 Å². The van der Waals surface area contributed by atoms with E-state index in [1.54, 1.807) is 4.90 Å². The molecule has 23 heavy (non-hydrogen) atoms. The minimum absolute atomic E-state index is 0.0130. The van der Waals surface area contributed by atoms with Gasteiger partial charge in [0.05, 0.1) is 29.7 Å². The first kappa shape index (κ1) is 16.2. The maximum absolute atomic E-state index is 12.6. The number of anilines is 1. The highest BCUT2D eigenvalue weighted by Gasteiger charge is 2.36. The molecule has 0 bridgehead atoms. The van der Waals surface area contributed by atoms with Crippen LogP contribution in [-0.4, -0.2) is 61.3 Å². The fourth-order valence-corrected chi connectivity index (χ4v) is 5.07. The molecule has 2 aliphatic heterocycles. The van der Waals surface area contributed by atoms with Gasteiger partial charge in [-0.05, 0) is 19.8 Å². The molecule has 0 radical (unpaired) electrons. The number of sulfone groups is 1. The summed E-state index contributed by atoms with van der Waals surface area (Å²) in [5.41, 5.74) is 1.96. The maximum atomic E-state index is 12.6. The fourth-order valence-electron chi connectivity index (χ4n) is 3.34. The van der Waals surface area contributed by atoms with Crippen LogP contribution in [0.2, 0.25) is 0 Å². The lowest BCUT2D eigenvalue weighted by Crippen LogP contribution is -2.41. The molecule has 1 fully saturated rings. The molecule has 1 aromatic heterocycles. The van der Waals surface area contributed by atoms with Gasteiger partial charge in [-0.25, -0.2) is 18.4 Å². The van der Waals surface area contributed by atoms with Crippen LogP contribution in [0, 0.1) is 12.8 Å². The Morgan fingerprint density at radius 2 is 2.04 bits per heavy atom. The number of carbonyl (C=O) groups excluding carboxylic acids is 1. The highest BCUT2D eigenvalue weighted by atomic mass is 32.2. The lowest BCUT2D eigenvalue weighted by atomic mass is 10.0. The lowest BCUT2D eigenvalue weighted by molar-refractivity contribution is -0.135. The minimum atomic E-state index is -3.04. The van der Waals surface area contributed by atoms with Gasteiger partial charge in [0.15, 0.2) is 9.84 Å². The van der Waals surface area contributed by atoms with Crippen molar-refractivity contribution in [1.82, 2.24) is 14.9 Å². The van der Waals surface area contributed by atoms with Gasteiger partial charge in [-0.1, -0.05) is 0 Å².